The number of sulfonamides is 1. The summed E-state index contributed by atoms with van der Waals surface area (Å²) in [5, 5.41) is 0.544. The van der Waals surface area contributed by atoms with E-state index in [-0.39, 0.29) is 23.9 Å². The highest BCUT2D eigenvalue weighted by Gasteiger charge is 2.25. The number of benzene rings is 3. The van der Waals surface area contributed by atoms with E-state index in [0.717, 1.165) is 21.5 Å². The smallest absolute Gasteiger partial charge is 0.260 e. The summed E-state index contributed by atoms with van der Waals surface area (Å²) in [7, 11) is -3.77. The van der Waals surface area contributed by atoms with Gasteiger partial charge in [0.05, 0.1) is 28.3 Å². The fraction of sp³-hybridized carbons (Fsp3) is 0.172. The van der Waals surface area contributed by atoms with Crippen LogP contribution in [0.2, 0.25) is 0 Å². The van der Waals surface area contributed by atoms with Crippen molar-refractivity contribution in [3.05, 3.63) is 109 Å². The van der Waals surface area contributed by atoms with E-state index < -0.39 is 10.0 Å². The molecule has 0 unspecified atom stereocenters. The molecule has 0 fully saturated rings. The summed E-state index contributed by atoms with van der Waals surface area (Å²) in [6.07, 6.45) is 3.05. The zero-order chi connectivity index (χ0) is 27.1. The fourth-order valence-electron chi connectivity index (χ4n) is 3.89. The number of amides is 1. The Morgan fingerprint density at radius 1 is 1.00 bits per heavy atom. The molecule has 0 spiro atoms. The molecular formula is C29H29N3O4S2. The fourth-order valence-corrected chi connectivity index (χ4v) is 6.26. The van der Waals surface area contributed by atoms with Crippen LogP contribution < -0.4 is 9.64 Å². The Bertz CT molecular complexity index is 1520. The average Bonchev–Trinajstić information content (AvgIpc) is 3.35. The Balaban J connectivity index is 1.68. The van der Waals surface area contributed by atoms with Crippen LogP contribution >= 0.6 is 11.3 Å². The molecule has 1 heterocycles. The van der Waals surface area contributed by atoms with E-state index in [0.29, 0.717) is 23.8 Å². The van der Waals surface area contributed by atoms with Gasteiger partial charge in [-0.05, 0) is 55.0 Å². The van der Waals surface area contributed by atoms with Crippen LogP contribution in [-0.2, 0) is 16.6 Å². The summed E-state index contributed by atoms with van der Waals surface area (Å²) in [4.78, 5) is 20.2. The lowest BCUT2D eigenvalue weighted by Crippen LogP contribution is -2.32. The largest absolute Gasteiger partial charge is 0.494 e. The number of rotatable bonds is 12. The zero-order valence-electron chi connectivity index (χ0n) is 21.1. The number of aromatic nitrogens is 1. The topological polar surface area (TPSA) is 79.8 Å². The van der Waals surface area contributed by atoms with E-state index in [1.165, 1.54) is 52.1 Å². The van der Waals surface area contributed by atoms with Gasteiger partial charge in [-0.15, -0.1) is 13.2 Å². The second kappa shape index (κ2) is 12.2. The van der Waals surface area contributed by atoms with Crippen molar-refractivity contribution in [1.82, 2.24) is 9.29 Å². The number of hydrogen-bond donors (Lipinski definition) is 0. The molecule has 38 heavy (non-hydrogen) atoms. The normalized spacial score (nSPS) is 11.4. The molecule has 0 atom stereocenters. The Morgan fingerprint density at radius 2 is 1.68 bits per heavy atom. The predicted molar refractivity (Wildman–Crippen MR) is 153 cm³/mol. The lowest BCUT2D eigenvalue weighted by molar-refractivity contribution is 0.0985. The van der Waals surface area contributed by atoms with Gasteiger partial charge in [0.25, 0.3) is 5.91 Å². The van der Waals surface area contributed by atoms with Gasteiger partial charge < -0.3 is 4.74 Å². The number of fused-ring (bicyclic) bond motifs is 1. The number of carbonyl (C=O) groups is 1. The van der Waals surface area contributed by atoms with Crippen molar-refractivity contribution in [2.45, 2.75) is 18.4 Å². The Labute approximate surface area is 227 Å². The molecule has 0 saturated heterocycles. The highest BCUT2D eigenvalue weighted by atomic mass is 32.2. The Hall–Kier alpha value is -3.79. The number of carbonyl (C=O) groups excluding carboxylic acids is 1. The quantitative estimate of drug-likeness (QED) is 0.206. The number of hydrogen-bond acceptors (Lipinski definition) is 6. The van der Waals surface area contributed by atoms with E-state index in [9.17, 15) is 13.2 Å². The number of nitrogens with zero attached hydrogens (tertiary/aromatic N) is 3. The highest BCUT2D eigenvalue weighted by molar-refractivity contribution is 7.89. The van der Waals surface area contributed by atoms with E-state index in [4.69, 9.17) is 9.72 Å². The second-order valence-corrected chi connectivity index (χ2v) is 11.3. The molecule has 0 aliphatic carbocycles. The van der Waals surface area contributed by atoms with Crippen LogP contribution in [0, 0.1) is 0 Å². The van der Waals surface area contributed by atoms with Crippen molar-refractivity contribution in [1.29, 1.82) is 0 Å². The minimum Gasteiger partial charge on any atom is -0.494 e. The molecule has 0 saturated carbocycles. The predicted octanol–water partition coefficient (Wildman–Crippen LogP) is 5.90. The summed E-state index contributed by atoms with van der Waals surface area (Å²) in [6, 6.07) is 21.3. The third-order valence-electron chi connectivity index (χ3n) is 5.72. The maximum absolute atomic E-state index is 13.8. The van der Waals surface area contributed by atoms with E-state index in [1.807, 2.05) is 55.5 Å². The van der Waals surface area contributed by atoms with Gasteiger partial charge in [-0.25, -0.2) is 13.4 Å². The minimum atomic E-state index is -3.77. The first kappa shape index (κ1) is 27.3. The van der Waals surface area contributed by atoms with Crippen LogP contribution in [0.15, 0.2) is 103 Å². The van der Waals surface area contributed by atoms with Crippen LogP contribution in [0.25, 0.3) is 10.2 Å². The molecule has 0 aliphatic rings. The van der Waals surface area contributed by atoms with Crippen molar-refractivity contribution < 1.29 is 17.9 Å². The van der Waals surface area contributed by atoms with Gasteiger partial charge in [0.1, 0.15) is 5.75 Å². The van der Waals surface area contributed by atoms with Crippen molar-refractivity contribution in [2.75, 3.05) is 24.6 Å². The summed E-state index contributed by atoms with van der Waals surface area (Å²) >= 11 is 1.40. The van der Waals surface area contributed by atoms with Crippen molar-refractivity contribution in [3.8, 4) is 5.75 Å². The molecule has 1 amide bonds. The lowest BCUT2D eigenvalue weighted by Gasteiger charge is -2.21. The molecule has 0 aliphatic heterocycles. The molecule has 7 nitrogen and oxygen atoms in total. The molecule has 4 rings (SSSR count). The zero-order valence-corrected chi connectivity index (χ0v) is 22.7. The minimum absolute atomic E-state index is 0.0933. The molecule has 1 aromatic heterocycles. The Morgan fingerprint density at radius 3 is 2.32 bits per heavy atom. The van der Waals surface area contributed by atoms with Gasteiger partial charge in [0, 0.05) is 18.7 Å². The summed E-state index contributed by atoms with van der Waals surface area (Å²) in [5.74, 6) is 0.464. The van der Waals surface area contributed by atoms with Crippen LogP contribution in [-0.4, -0.2) is 43.3 Å². The van der Waals surface area contributed by atoms with E-state index >= 15 is 0 Å². The van der Waals surface area contributed by atoms with Crippen LogP contribution in [0.3, 0.4) is 0 Å². The molecule has 196 valence electrons. The molecular weight excluding hydrogens is 518 g/mol. The monoisotopic (exact) mass is 547 g/mol. The van der Waals surface area contributed by atoms with Gasteiger partial charge in [-0.2, -0.15) is 4.31 Å². The van der Waals surface area contributed by atoms with Crippen molar-refractivity contribution in [2.24, 2.45) is 0 Å². The van der Waals surface area contributed by atoms with Crippen LogP contribution in [0.5, 0.6) is 5.75 Å². The van der Waals surface area contributed by atoms with Gasteiger partial charge in [0.15, 0.2) is 5.13 Å². The van der Waals surface area contributed by atoms with Crippen molar-refractivity contribution in [3.63, 3.8) is 0 Å². The average molecular weight is 548 g/mol. The third kappa shape index (κ3) is 6.02. The second-order valence-electron chi connectivity index (χ2n) is 8.36. The molecule has 0 bridgehead atoms. The molecule has 9 heteroatoms. The first-order valence-electron chi connectivity index (χ1n) is 12.1. The van der Waals surface area contributed by atoms with Gasteiger partial charge in [-0.1, -0.05) is 53.8 Å². The van der Waals surface area contributed by atoms with Crippen molar-refractivity contribution >= 4 is 42.6 Å². The lowest BCUT2D eigenvalue weighted by atomic mass is 10.1. The number of thiazole rings is 1. The number of ether oxygens (including phenoxy) is 1. The molecule has 4 aromatic rings. The van der Waals surface area contributed by atoms with Crippen LogP contribution in [0.1, 0.15) is 22.8 Å². The maximum Gasteiger partial charge on any atom is 0.260 e. The SMILES string of the molecule is C=CCN(CC=C)S(=O)(=O)c1ccc(C(=O)N(Cc2ccccc2)c2nc3ccc(OCC)cc3s2)cc1. The summed E-state index contributed by atoms with van der Waals surface area (Å²) in [6.45, 7) is 10.4. The van der Waals surface area contributed by atoms with Gasteiger partial charge in [-0.3, -0.25) is 9.69 Å². The van der Waals surface area contributed by atoms with Crippen LogP contribution in [0.4, 0.5) is 5.13 Å². The summed E-state index contributed by atoms with van der Waals surface area (Å²) in [5.41, 5.74) is 2.07. The van der Waals surface area contributed by atoms with E-state index in [1.54, 1.807) is 4.90 Å². The molecule has 0 radical (unpaired) electrons. The van der Waals surface area contributed by atoms with Gasteiger partial charge in [0.2, 0.25) is 10.0 Å². The Kier molecular flexibility index (Phi) is 8.73. The van der Waals surface area contributed by atoms with Gasteiger partial charge >= 0.3 is 0 Å². The first-order valence-corrected chi connectivity index (χ1v) is 14.3. The molecule has 0 N–H and O–H groups in total. The molecule has 3 aromatic carbocycles. The first-order chi connectivity index (χ1) is 18.4. The number of anilines is 1. The third-order valence-corrected chi connectivity index (χ3v) is 8.61. The van der Waals surface area contributed by atoms with E-state index in [2.05, 4.69) is 13.2 Å². The standard InChI is InChI=1S/C29H29N3O4S2/c1-4-18-31(19-5-2)38(34,35)25-15-12-23(13-16-25)28(33)32(21-22-10-8-7-9-11-22)29-30-26-17-14-24(36-6-3)20-27(26)37-29/h4-5,7-17,20H,1-2,6,18-19,21H2,3H3. The highest BCUT2D eigenvalue weighted by Crippen LogP contribution is 2.33. The maximum atomic E-state index is 13.8. The summed E-state index contributed by atoms with van der Waals surface area (Å²) < 4.78 is 33.9.